The van der Waals surface area contributed by atoms with Crippen LogP contribution in [0.1, 0.15) is 15.9 Å². The van der Waals surface area contributed by atoms with Gasteiger partial charge in [-0.1, -0.05) is 17.7 Å². The van der Waals surface area contributed by atoms with Gasteiger partial charge in [0.25, 0.3) is 5.91 Å². The van der Waals surface area contributed by atoms with Crippen molar-refractivity contribution in [2.75, 3.05) is 19.7 Å². The average molecular weight is 230 g/mol. The van der Waals surface area contributed by atoms with Crippen molar-refractivity contribution in [2.45, 2.75) is 13.0 Å². The molecule has 1 aromatic rings. The summed E-state index contributed by atoms with van der Waals surface area (Å²) >= 11 is 0. The molecule has 0 aromatic heterocycles. The standard InChI is InChI=1S/C13H14N2O2/c1-10-3-2-4-11(7-10)13(16)15-5-6-17-12(8-14)9-15/h2-4,7,12H,5-6,9H2,1H3. The van der Waals surface area contributed by atoms with Crippen LogP contribution in [0.3, 0.4) is 0 Å². The molecular weight excluding hydrogens is 216 g/mol. The molecule has 0 saturated carbocycles. The molecule has 2 rings (SSSR count). The highest BCUT2D eigenvalue weighted by Crippen LogP contribution is 2.11. The third-order valence-corrected chi connectivity index (χ3v) is 2.76. The summed E-state index contributed by atoms with van der Waals surface area (Å²) in [7, 11) is 0. The first-order chi connectivity index (χ1) is 8.20. The van der Waals surface area contributed by atoms with Crippen LogP contribution in [0.2, 0.25) is 0 Å². The minimum Gasteiger partial charge on any atom is -0.360 e. The van der Waals surface area contributed by atoms with Gasteiger partial charge in [-0.05, 0) is 19.1 Å². The molecule has 1 aliphatic heterocycles. The van der Waals surface area contributed by atoms with E-state index in [0.717, 1.165) is 5.56 Å². The molecule has 1 aliphatic rings. The molecule has 1 saturated heterocycles. The minimum atomic E-state index is -0.502. The maximum absolute atomic E-state index is 12.2. The number of morpholine rings is 1. The molecular formula is C13H14N2O2. The first-order valence-corrected chi connectivity index (χ1v) is 5.58. The number of carbonyl (C=O) groups excluding carboxylic acids is 1. The molecule has 1 aromatic carbocycles. The second-order valence-corrected chi connectivity index (χ2v) is 4.11. The summed E-state index contributed by atoms with van der Waals surface area (Å²) in [5, 5.41) is 8.79. The van der Waals surface area contributed by atoms with Crippen LogP contribution in [-0.2, 0) is 4.74 Å². The molecule has 4 heteroatoms. The van der Waals surface area contributed by atoms with Gasteiger partial charge in [0, 0.05) is 12.1 Å². The van der Waals surface area contributed by atoms with E-state index >= 15 is 0 Å². The Morgan fingerprint density at radius 2 is 2.41 bits per heavy atom. The molecule has 88 valence electrons. The number of benzene rings is 1. The average Bonchev–Trinajstić information content (AvgIpc) is 2.38. The van der Waals surface area contributed by atoms with Gasteiger partial charge in [-0.2, -0.15) is 5.26 Å². The first-order valence-electron chi connectivity index (χ1n) is 5.58. The fraction of sp³-hybridized carbons (Fsp3) is 0.385. The van der Waals surface area contributed by atoms with Gasteiger partial charge in [-0.15, -0.1) is 0 Å². The van der Waals surface area contributed by atoms with Gasteiger partial charge in [0.2, 0.25) is 0 Å². The topological polar surface area (TPSA) is 53.3 Å². The van der Waals surface area contributed by atoms with E-state index in [0.29, 0.717) is 25.3 Å². The van der Waals surface area contributed by atoms with Crippen molar-refractivity contribution in [1.29, 1.82) is 5.26 Å². The number of aryl methyl sites for hydroxylation is 1. The Morgan fingerprint density at radius 3 is 3.12 bits per heavy atom. The molecule has 17 heavy (non-hydrogen) atoms. The maximum atomic E-state index is 12.2. The van der Waals surface area contributed by atoms with Crippen LogP contribution in [0.4, 0.5) is 0 Å². The summed E-state index contributed by atoms with van der Waals surface area (Å²) in [6.45, 7) is 3.28. The van der Waals surface area contributed by atoms with Crippen molar-refractivity contribution in [1.82, 2.24) is 4.90 Å². The molecule has 0 radical (unpaired) electrons. The summed E-state index contributed by atoms with van der Waals surface area (Å²) in [5.41, 5.74) is 1.73. The fourth-order valence-electron chi connectivity index (χ4n) is 1.87. The number of rotatable bonds is 1. The van der Waals surface area contributed by atoms with Crippen molar-refractivity contribution in [3.63, 3.8) is 0 Å². The van der Waals surface area contributed by atoms with Crippen LogP contribution in [0.25, 0.3) is 0 Å². The third kappa shape index (κ3) is 2.63. The molecule has 0 spiro atoms. The quantitative estimate of drug-likeness (QED) is 0.732. The number of nitriles is 1. The van der Waals surface area contributed by atoms with Crippen LogP contribution in [0.5, 0.6) is 0 Å². The van der Waals surface area contributed by atoms with Crippen molar-refractivity contribution in [3.8, 4) is 6.07 Å². The van der Waals surface area contributed by atoms with Crippen LogP contribution >= 0.6 is 0 Å². The Labute approximate surface area is 100 Å². The zero-order valence-corrected chi connectivity index (χ0v) is 9.72. The lowest BCUT2D eigenvalue weighted by molar-refractivity contribution is 0.00346. The zero-order valence-electron chi connectivity index (χ0n) is 9.72. The Kier molecular flexibility index (Phi) is 3.40. The molecule has 1 fully saturated rings. The summed E-state index contributed by atoms with van der Waals surface area (Å²) < 4.78 is 5.21. The van der Waals surface area contributed by atoms with E-state index in [-0.39, 0.29) is 5.91 Å². The highest BCUT2D eigenvalue weighted by molar-refractivity contribution is 5.94. The van der Waals surface area contributed by atoms with Gasteiger partial charge in [-0.25, -0.2) is 0 Å². The van der Waals surface area contributed by atoms with E-state index in [2.05, 4.69) is 0 Å². The van der Waals surface area contributed by atoms with Gasteiger partial charge in [0.1, 0.15) is 0 Å². The van der Waals surface area contributed by atoms with Crippen LogP contribution in [0.15, 0.2) is 24.3 Å². The number of ether oxygens (including phenoxy) is 1. The largest absolute Gasteiger partial charge is 0.360 e. The second-order valence-electron chi connectivity index (χ2n) is 4.11. The van der Waals surface area contributed by atoms with Crippen LogP contribution in [0, 0.1) is 18.3 Å². The normalized spacial score (nSPS) is 19.8. The lowest BCUT2D eigenvalue weighted by atomic mass is 10.1. The molecule has 1 amide bonds. The van der Waals surface area contributed by atoms with Crippen molar-refractivity contribution in [2.24, 2.45) is 0 Å². The van der Waals surface area contributed by atoms with Crippen molar-refractivity contribution >= 4 is 5.91 Å². The number of carbonyl (C=O) groups is 1. The van der Waals surface area contributed by atoms with Gasteiger partial charge >= 0.3 is 0 Å². The monoisotopic (exact) mass is 230 g/mol. The predicted molar refractivity (Wildman–Crippen MR) is 62.4 cm³/mol. The molecule has 4 nitrogen and oxygen atoms in total. The Balaban J connectivity index is 2.12. The summed E-state index contributed by atoms with van der Waals surface area (Å²) in [5.74, 6) is -0.0303. The summed E-state index contributed by atoms with van der Waals surface area (Å²) in [4.78, 5) is 13.8. The number of nitrogens with zero attached hydrogens (tertiary/aromatic N) is 2. The third-order valence-electron chi connectivity index (χ3n) is 2.76. The summed E-state index contributed by atoms with van der Waals surface area (Å²) in [6, 6.07) is 9.51. The minimum absolute atomic E-state index is 0.0303. The molecule has 0 N–H and O–H groups in total. The molecule has 1 heterocycles. The van der Waals surface area contributed by atoms with E-state index < -0.39 is 6.10 Å². The van der Waals surface area contributed by atoms with Gasteiger partial charge in [-0.3, -0.25) is 4.79 Å². The molecule has 0 bridgehead atoms. The highest BCUT2D eigenvalue weighted by atomic mass is 16.5. The molecule has 1 atom stereocenters. The Bertz CT molecular complexity index is 465. The molecule has 1 unspecified atom stereocenters. The maximum Gasteiger partial charge on any atom is 0.254 e. The van der Waals surface area contributed by atoms with Crippen LogP contribution < -0.4 is 0 Å². The van der Waals surface area contributed by atoms with E-state index in [1.54, 1.807) is 11.0 Å². The van der Waals surface area contributed by atoms with Gasteiger partial charge < -0.3 is 9.64 Å². The van der Waals surface area contributed by atoms with E-state index in [1.807, 2.05) is 31.2 Å². The second kappa shape index (κ2) is 4.98. The van der Waals surface area contributed by atoms with E-state index in [9.17, 15) is 4.79 Å². The number of hydrogen-bond acceptors (Lipinski definition) is 3. The molecule has 0 aliphatic carbocycles. The predicted octanol–water partition coefficient (Wildman–Crippen LogP) is 1.36. The Morgan fingerprint density at radius 1 is 1.59 bits per heavy atom. The lowest BCUT2D eigenvalue weighted by Gasteiger charge is -2.29. The zero-order chi connectivity index (χ0) is 12.3. The number of amides is 1. The van der Waals surface area contributed by atoms with Gasteiger partial charge in [0.05, 0.1) is 19.2 Å². The summed E-state index contributed by atoms with van der Waals surface area (Å²) in [6.07, 6.45) is -0.502. The van der Waals surface area contributed by atoms with Crippen molar-refractivity contribution in [3.05, 3.63) is 35.4 Å². The highest BCUT2D eigenvalue weighted by Gasteiger charge is 2.24. The first kappa shape index (κ1) is 11.6. The number of hydrogen-bond donors (Lipinski definition) is 0. The van der Waals surface area contributed by atoms with Crippen LogP contribution in [-0.4, -0.2) is 36.6 Å². The SMILES string of the molecule is Cc1cccc(C(=O)N2CCOC(C#N)C2)c1. The Hall–Kier alpha value is -1.86. The fourth-order valence-corrected chi connectivity index (χ4v) is 1.87. The van der Waals surface area contributed by atoms with Crippen molar-refractivity contribution < 1.29 is 9.53 Å². The van der Waals surface area contributed by atoms with E-state index in [4.69, 9.17) is 10.00 Å². The van der Waals surface area contributed by atoms with Gasteiger partial charge in [0.15, 0.2) is 6.10 Å². The smallest absolute Gasteiger partial charge is 0.254 e. The van der Waals surface area contributed by atoms with E-state index in [1.165, 1.54) is 0 Å². The lowest BCUT2D eigenvalue weighted by Crippen LogP contribution is -2.45.